The summed E-state index contributed by atoms with van der Waals surface area (Å²) in [5, 5.41) is 0.525. The number of rotatable bonds is 4. The number of benzene rings is 1. The highest BCUT2D eigenvalue weighted by Crippen LogP contribution is 2.24. The van der Waals surface area contributed by atoms with Crippen LogP contribution in [0.25, 0.3) is 11.3 Å². The van der Waals surface area contributed by atoms with Crippen molar-refractivity contribution in [2.24, 2.45) is 0 Å². The lowest BCUT2D eigenvalue weighted by molar-refractivity contribution is -0.115. The lowest BCUT2D eigenvalue weighted by atomic mass is 10.2. The monoisotopic (exact) mass is 337 g/mol. The number of ether oxygens (including phenoxy) is 1. The predicted molar refractivity (Wildman–Crippen MR) is 88.1 cm³/mol. The van der Waals surface area contributed by atoms with Crippen LogP contribution in [0, 0.1) is 0 Å². The minimum absolute atomic E-state index is 0.0507. The van der Waals surface area contributed by atoms with Crippen molar-refractivity contribution in [3.8, 4) is 11.3 Å². The number of hydrogen-bond donors (Lipinski definition) is 1. The number of halogens is 1. The van der Waals surface area contributed by atoms with E-state index < -0.39 is 0 Å². The summed E-state index contributed by atoms with van der Waals surface area (Å²) in [5.41, 5.74) is 1.80. The van der Waals surface area contributed by atoms with E-state index >= 15 is 0 Å². The SMILES string of the molecule is O=C(S)CN1CCOCC1n1cnc(-c2cccc(Cl)c2)c1. The number of carbonyl (C=O) groups excluding carboxylic acids is 1. The highest BCUT2D eigenvalue weighted by molar-refractivity contribution is 7.96. The fourth-order valence-corrected chi connectivity index (χ4v) is 2.93. The Labute approximate surface area is 139 Å². The van der Waals surface area contributed by atoms with Gasteiger partial charge < -0.3 is 9.30 Å². The van der Waals surface area contributed by atoms with Crippen molar-refractivity contribution in [2.45, 2.75) is 6.17 Å². The van der Waals surface area contributed by atoms with Gasteiger partial charge in [0, 0.05) is 23.3 Å². The molecule has 0 amide bonds. The third-order valence-electron chi connectivity index (χ3n) is 3.62. The van der Waals surface area contributed by atoms with Crippen LogP contribution in [-0.2, 0) is 9.53 Å². The molecule has 1 atom stereocenters. The van der Waals surface area contributed by atoms with E-state index in [9.17, 15) is 4.79 Å². The zero-order valence-corrected chi connectivity index (χ0v) is 13.5. The van der Waals surface area contributed by atoms with Gasteiger partial charge in [0.25, 0.3) is 0 Å². The van der Waals surface area contributed by atoms with Crippen LogP contribution in [0.2, 0.25) is 5.02 Å². The van der Waals surface area contributed by atoms with Gasteiger partial charge in [-0.1, -0.05) is 23.7 Å². The largest absolute Gasteiger partial charge is 0.377 e. The summed E-state index contributed by atoms with van der Waals surface area (Å²) >= 11 is 9.90. The first-order chi connectivity index (χ1) is 10.6. The maximum absolute atomic E-state index is 11.3. The first-order valence-electron chi connectivity index (χ1n) is 6.96. The molecule has 1 aliphatic heterocycles. The summed E-state index contributed by atoms with van der Waals surface area (Å²) in [4.78, 5) is 17.8. The van der Waals surface area contributed by atoms with Crippen molar-refractivity contribution in [2.75, 3.05) is 26.3 Å². The van der Waals surface area contributed by atoms with E-state index in [1.54, 1.807) is 6.33 Å². The maximum Gasteiger partial charge on any atom is 0.199 e. The van der Waals surface area contributed by atoms with Crippen molar-refractivity contribution < 1.29 is 9.53 Å². The molecule has 2 aromatic rings. The number of carbonyl (C=O) groups is 1. The Morgan fingerprint density at radius 1 is 1.50 bits per heavy atom. The molecular formula is C15H16ClN3O2S. The second-order valence-corrected chi connectivity index (χ2v) is 6.07. The smallest absolute Gasteiger partial charge is 0.199 e. The molecule has 0 aliphatic carbocycles. The quantitative estimate of drug-likeness (QED) is 0.871. The topological polar surface area (TPSA) is 47.4 Å². The Balaban J connectivity index is 1.84. The Kier molecular flexibility index (Phi) is 4.83. The van der Waals surface area contributed by atoms with Gasteiger partial charge in [-0.15, -0.1) is 12.6 Å². The average molecular weight is 338 g/mol. The van der Waals surface area contributed by atoms with Gasteiger partial charge in [-0.3, -0.25) is 9.69 Å². The Morgan fingerprint density at radius 2 is 2.36 bits per heavy atom. The molecule has 5 nitrogen and oxygen atoms in total. The minimum atomic E-state index is -0.151. The zero-order valence-electron chi connectivity index (χ0n) is 11.9. The molecule has 116 valence electrons. The number of thiol groups is 1. The lowest BCUT2D eigenvalue weighted by Crippen LogP contribution is -2.43. The molecule has 1 aromatic heterocycles. The molecule has 7 heteroatoms. The number of hydrogen-bond acceptors (Lipinski definition) is 4. The first kappa shape index (κ1) is 15.6. The summed E-state index contributed by atoms with van der Waals surface area (Å²) in [5.74, 6) is 0. The molecule has 0 saturated carbocycles. The van der Waals surface area contributed by atoms with Gasteiger partial charge in [0.2, 0.25) is 0 Å². The Hall–Kier alpha value is -1.34. The van der Waals surface area contributed by atoms with Crippen molar-refractivity contribution in [1.82, 2.24) is 14.5 Å². The zero-order chi connectivity index (χ0) is 15.5. The highest BCUT2D eigenvalue weighted by Gasteiger charge is 2.25. The lowest BCUT2D eigenvalue weighted by Gasteiger charge is -2.35. The van der Waals surface area contributed by atoms with Crippen molar-refractivity contribution in [3.05, 3.63) is 41.8 Å². The van der Waals surface area contributed by atoms with E-state index in [0.717, 1.165) is 11.3 Å². The van der Waals surface area contributed by atoms with Gasteiger partial charge >= 0.3 is 0 Å². The molecule has 1 aliphatic rings. The van der Waals surface area contributed by atoms with Crippen molar-refractivity contribution in [1.29, 1.82) is 0 Å². The second-order valence-electron chi connectivity index (χ2n) is 5.14. The van der Waals surface area contributed by atoms with Crippen LogP contribution in [-0.4, -0.2) is 45.9 Å². The van der Waals surface area contributed by atoms with Crippen LogP contribution in [0.15, 0.2) is 36.8 Å². The Morgan fingerprint density at radius 3 is 3.14 bits per heavy atom. The van der Waals surface area contributed by atoms with E-state index in [4.69, 9.17) is 16.3 Å². The van der Waals surface area contributed by atoms with E-state index in [1.807, 2.05) is 39.9 Å². The molecule has 1 unspecified atom stereocenters. The van der Waals surface area contributed by atoms with Crippen LogP contribution in [0.3, 0.4) is 0 Å². The standard InChI is InChI=1S/C15H16ClN3O2S/c16-12-3-1-2-11(6-12)13-7-19(10-17-13)14-9-21-5-4-18(14)8-15(20)22/h1-3,6-7,10,14H,4-5,8-9H2,(H,20,22). The molecule has 0 radical (unpaired) electrons. The first-order valence-corrected chi connectivity index (χ1v) is 7.79. The fourth-order valence-electron chi connectivity index (χ4n) is 2.55. The fraction of sp³-hybridized carbons (Fsp3) is 0.333. The van der Waals surface area contributed by atoms with E-state index in [2.05, 4.69) is 17.6 Å². The van der Waals surface area contributed by atoms with Crippen LogP contribution in [0.1, 0.15) is 6.17 Å². The van der Waals surface area contributed by atoms with Gasteiger partial charge in [-0.05, 0) is 12.1 Å². The van der Waals surface area contributed by atoms with Gasteiger partial charge in [0.1, 0.15) is 6.17 Å². The molecule has 0 N–H and O–H groups in total. The molecule has 0 spiro atoms. The minimum Gasteiger partial charge on any atom is -0.377 e. The summed E-state index contributed by atoms with van der Waals surface area (Å²) < 4.78 is 7.50. The molecular weight excluding hydrogens is 322 g/mol. The number of nitrogens with zero attached hydrogens (tertiary/aromatic N) is 3. The summed E-state index contributed by atoms with van der Waals surface area (Å²) in [6, 6.07) is 7.56. The third-order valence-corrected chi connectivity index (χ3v) is 3.99. The second kappa shape index (κ2) is 6.83. The summed E-state index contributed by atoms with van der Waals surface area (Å²) in [6.45, 7) is 2.13. The number of morpholine rings is 1. The van der Waals surface area contributed by atoms with Crippen LogP contribution in [0.4, 0.5) is 0 Å². The molecule has 1 saturated heterocycles. The number of aromatic nitrogens is 2. The van der Waals surface area contributed by atoms with E-state index in [-0.39, 0.29) is 11.3 Å². The van der Waals surface area contributed by atoms with Crippen LogP contribution >= 0.6 is 24.2 Å². The maximum atomic E-state index is 11.3. The molecule has 22 heavy (non-hydrogen) atoms. The van der Waals surface area contributed by atoms with Gasteiger partial charge in [0.15, 0.2) is 5.12 Å². The van der Waals surface area contributed by atoms with Crippen molar-refractivity contribution >= 4 is 29.3 Å². The molecule has 2 heterocycles. The van der Waals surface area contributed by atoms with Crippen LogP contribution in [0.5, 0.6) is 0 Å². The van der Waals surface area contributed by atoms with Gasteiger partial charge in [-0.25, -0.2) is 4.98 Å². The van der Waals surface area contributed by atoms with E-state index in [1.165, 1.54) is 0 Å². The molecule has 1 fully saturated rings. The van der Waals surface area contributed by atoms with Gasteiger partial charge in [-0.2, -0.15) is 0 Å². The van der Waals surface area contributed by atoms with Gasteiger partial charge in [0.05, 0.1) is 31.8 Å². The van der Waals surface area contributed by atoms with E-state index in [0.29, 0.717) is 31.3 Å². The summed E-state index contributed by atoms with van der Waals surface area (Å²) in [7, 11) is 0. The average Bonchev–Trinajstić information content (AvgIpc) is 2.97. The predicted octanol–water partition coefficient (Wildman–Crippen LogP) is 2.49. The normalized spacial score (nSPS) is 19.3. The highest BCUT2D eigenvalue weighted by atomic mass is 35.5. The molecule has 3 rings (SSSR count). The Bertz CT molecular complexity index is 676. The molecule has 0 bridgehead atoms. The van der Waals surface area contributed by atoms with Crippen LogP contribution < -0.4 is 0 Å². The summed E-state index contributed by atoms with van der Waals surface area (Å²) in [6.07, 6.45) is 3.65. The third kappa shape index (κ3) is 3.52. The van der Waals surface area contributed by atoms with Crippen molar-refractivity contribution in [3.63, 3.8) is 0 Å². The number of imidazole rings is 1. The molecule has 1 aromatic carbocycles.